The number of anilines is 1. The van der Waals surface area contributed by atoms with Crippen LogP contribution < -0.4 is 5.32 Å². The van der Waals surface area contributed by atoms with Crippen LogP contribution >= 0.6 is 23.4 Å². The Bertz CT molecular complexity index is 783. The number of benzene rings is 2. The zero-order valence-corrected chi connectivity index (χ0v) is 17.0. The van der Waals surface area contributed by atoms with Gasteiger partial charge in [0, 0.05) is 22.7 Å². The largest absolute Gasteiger partial charge is 0.336 e. The van der Waals surface area contributed by atoms with Crippen molar-refractivity contribution in [3.8, 4) is 0 Å². The highest BCUT2D eigenvalue weighted by atomic mass is 35.5. The topological polar surface area (TPSA) is 49.4 Å². The smallest absolute Gasteiger partial charge is 0.243 e. The molecule has 6 heteroatoms. The Morgan fingerprint density at radius 3 is 2.23 bits per heavy atom. The Labute approximate surface area is 163 Å². The number of halogens is 1. The molecule has 1 N–H and O–H groups in total. The monoisotopic (exact) mass is 390 g/mol. The molecule has 0 aromatic heterocycles. The minimum atomic E-state index is -0.201. The van der Waals surface area contributed by atoms with Crippen molar-refractivity contribution >= 4 is 40.9 Å². The average Bonchev–Trinajstić information content (AvgIpc) is 2.57. The third kappa shape index (κ3) is 5.78. The second kappa shape index (κ2) is 9.10. The summed E-state index contributed by atoms with van der Waals surface area (Å²) >= 11 is 7.27. The number of carbonyl (C=O) groups is 2. The van der Waals surface area contributed by atoms with E-state index in [-0.39, 0.29) is 24.1 Å². The number of nitrogens with zero attached hydrogens (tertiary/aromatic N) is 1. The average molecular weight is 391 g/mol. The quantitative estimate of drug-likeness (QED) is 0.741. The van der Waals surface area contributed by atoms with Crippen molar-refractivity contribution in [3.63, 3.8) is 0 Å². The molecule has 0 heterocycles. The first-order valence-electron chi connectivity index (χ1n) is 8.26. The van der Waals surface area contributed by atoms with Gasteiger partial charge in [-0.1, -0.05) is 29.3 Å². The first-order valence-corrected chi connectivity index (χ1v) is 9.62. The van der Waals surface area contributed by atoms with Gasteiger partial charge in [-0.15, -0.1) is 11.8 Å². The van der Waals surface area contributed by atoms with Crippen LogP contribution in [-0.2, 0) is 9.59 Å². The van der Waals surface area contributed by atoms with Crippen molar-refractivity contribution < 1.29 is 9.59 Å². The molecule has 0 atom stereocenters. The molecule has 0 spiro atoms. The van der Waals surface area contributed by atoms with Crippen molar-refractivity contribution in [2.45, 2.75) is 25.7 Å². The summed E-state index contributed by atoms with van der Waals surface area (Å²) in [6.45, 7) is 5.98. The van der Waals surface area contributed by atoms with Crippen LogP contribution in [0.2, 0.25) is 5.02 Å². The maximum atomic E-state index is 12.3. The predicted molar refractivity (Wildman–Crippen MR) is 109 cm³/mol. The Kier molecular flexibility index (Phi) is 7.12. The second-order valence-electron chi connectivity index (χ2n) is 6.31. The van der Waals surface area contributed by atoms with E-state index < -0.39 is 0 Å². The molecule has 2 amide bonds. The molecule has 0 saturated carbocycles. The van der Waals surface area contributed by atoms with Gasteiger partial charge in [-0.3, -0.25) is 9.59 Å². The highest BCUT2D eigenvalue weighted by molar-refractivity contribution is 8.00. The molecule has 0 aliphatic carbocycles. The highest BCUT2D eigenvalue weighted by Crippen LogP contribution is 2.22. The van der Waals surface area contributed by atoms with Gasteiger partial charge in [0.2, 0.25) is 11.8 Å². The molecule has 0 aliphatic rings. The molecule has 0 bridgehead atoms. The molecule has 138 valence electrons. The Balaban J connectivity index is 1.88. The maximum Gasteiger partial charge on any atom is 0.243 e. The highest BCUT2D eigenvalue weighted by Gasteiger charge is 2.15. The summed E-state index contributed by atoms with van der Waals surface area (Å²) < 4.78 is 0. The number of likely N-dealkylation sites (N-methyl/N-ethyl adjacent to an activating group) is 1. The normalized spacial score (nSPS) is 10.5. The Morgan fingerprint density at radius 2 is 1.65 bits per heavy atom. The fourth-order valence-corrected chi connectivity index (χ4v) is 3.61. The van der Waals surface area contributed by atoms with Crippen LogP contribution in [0.25, 0.3) is 0 Å². The van der Waals surface area contributed by atoms with Crippen LogP contribution in [0.5, 0.6) is 0 Å². The number of hydrogen-bond donors (Lipinski definition) is 1. The van der Waals surface area contributed by atoms with E-state index >= 15 is 0 Å². The molecule has 0 aliphatic heterocycles. The molecule has 4 nitrogen and oxygen atoms in total. The zero-order valence-electron chi connectivity index (χ0n) is 15.4. The molecule has 26 heavy (non-hydrogen) atoms. The van der Waals surface area contributed by atoms with E-state index in [1.165, 1.54) is 16.7 Å². The van der Waals surface area contributed by atoms with Crippen LogP contribution in [0, 0.1) is 20.8 Å². The number of nitrogens with one attached hydrogen (secondary N) is 1. The molecular formula is C20H23ClN2O2S. The fraction of sp³-hybridized carbons (Fsp3) is 0.300. The van der Waals surface area contributed by atoms with Crippen LogP contribution in [0.15, 0.2) is 41.3 Å². The van der Waals surface area contributed by atoms with Crippen LogP contribution in [0.1, 0.15) is 16.7 Å². The lowest BCUT2D eigenvalue weighted by Gasteiger charge is -2.18. The van der Waals surface area contributed by atoms with E-state index in [2.05, 4.69) is 5.32 Å². The summed E-state index contributed by atoms with van der Waals surface area (Å²) in [4.78, 5) is 27.0. The first kappa shape index (κ1) is 20.3. The van der Waals surface area contributed by atoms with E-state index in [0.717, 1.165) is 27.3 Å². The van der Waals surface area contributed by atoms with Crippen molar-refractivity contribution in [1.82, 2.24) is 4.90 Å². The molecule has 2 aromatic rings. The molecule has 2 aromatic carbocycles. The van der Waals surface area contributed by atoms with E-state index in [1.807, 2.05) is 45.0 Å². The molecule has 2 rings (SSSR count). The third-order valence-corrected chi connectivity index (χ3v) is 5.17. The van der Waals surface area contributed by atoms with Crippen molar-refractivity contribution in [2.75, 3.05) is 24.7 Å². The van der Waals surface area contributed by atoms with Crippen molar-refractivity contribution in [2.24, 2.45) is 0 Å². The SMILES string of the molecule is Cc1cc(C)c(NC(=O)CN(C)C(=O)CSc2ccc(Cl)cc2)c(C)c1. The number of amides is 2. The zero-order chi connectivity index (χ0) is 19.3. The number of aryl methyl sites for hydroxylation is 3. The number of hydrogen-bond acceptors (Lipinski definition) is 3. The number of carbonyl (C=O) groups excluding carboxylic acids is 2. The molecule has 0 radical (unpaired) electrons. The van der Waals surface area contributed by atoms with E-state index in [1.54, 1.807) is 19.2 Å². The second-order valence-corrected chi connectivity index (χ2v) is 7.80. The van der Waals surface area contributed by atoms with Crippen molar-refractivity contribution in [3.05, 3.63) is 58.1 Å². The van der Waals surface area contributed by atoms with Gasteiger partial charge in [-0.25, -0.2) is 0 Å². The van der Waals surface area contributed by atoms with Gasteiger partial charge < -0.3 is 10.2 Å². The van der Waals surface area contributed by atoms with Gasteiger partial charge in [0.05, 0.1) is 12.3 Å². The Morgan fingerprint density at radius 1 is 1.08 bits per heavy atom. The van der Waals surface area contributed by atoms with Gasteiger partial charge in [0.1, 0.15) is 0 Å². The minimum Gasteiger partial charge on any atom is -0.336 e. The van der Waals surface area contributed by atoms with Gasteiger partial charge in [0.15, 0.2) is 0 Å². The Hall–Kier alpha value is -1.98. The maximum absolute atomic E-state index is 12.3. The molecule has 0 saturated heterocycles. The van der Waals surface area contributed by atoms with Crippen LogP contribution in [-0.4, -0.2) is 36.1 Å². The van der Waals surface area contributed by atoms with E-state index in [9.17, 15) is 9.59 Å². The molecule has 0 unspecified atom stereocenters. The van der Waals surface area contributed by atoms with Gasteiger partial charge in [-0.2, -0.15) is 0 Å². The fourth-order valence-electron chi connectivity index (χ4n) is 2.65. The summed E-state index contributed by atoms with van der Waals surface area (Å²) in [5.74, 6) is -0.0292. The molecular weight excluding hydrogens is 368 g/mol. The number of rotatable bonds is 6. The first-order chi connectivity index (χ1) is 12.3. The lowest BCUT2D eigenvalue weighted by atomic mass is 10.1. The summed E-state index contributed by atoms with van der Waals surface area (Å²) in [7, 11) is 1.64. The van der Waals surface area contributed by atoms with Gasteiger partial charge in [0.25, 0.3) is 0 Å². The summed E-state index contributed by atoms with van der Waals surface area (Å²) in [6, 6.07) is 11.4. The summed E-state index contributed by atoms with van der Waals surface area (Å²) in [5, 5.41) is 3.58. The van der Waals surface area contributed by atoms with Gasteiger partial charge in [-0.05, 0) is 56.2 Å². The van der Waals surface area contributed by atoms with Gasteiger partial charge >= 0.3 is 0 Å². The minimum absolute atomic E-state index is 0.0206. The standard InChI is InChI=1S/C20H23ClN2O2S/c1-13-9-14(2)20(15(3)10-13)22-18(24)11-23(4)19(25)12-26-17-7-5-16(21)6-8-17/h5-10H,11-12H2,1-4H3,(H,22,24). The lowest BCUT2D eigenvalue weighted by molar-refractivity contribution is -0.131. The number of thioether (sulfide) groups is 1. The predicted octanol–water partition coefficient (Wildman–Crippen LogP) is 4.45. The summed E-state index contributed by atoms with van der Waals surface area (Å²) in [5.41, 5.74) is 4.01. The van der Waals surface area contributed by atoms with E-state index in [0.29, 0.717) is 5.02 Å². The van der Waals surface area contributed by atoms with E-state index in [4.69, 9.17) is 11.6 Å². The summed E-state index contributed by atoms with van der Waals surface area (Å²) in [6.07, 6.45) is 0. The van der Waals surface area contributed by atoms with Crippen LogP contribution in [0.4, 0.5) is 5.69 Å². The third-order valence-electron chi connectivity index (χ3n) is 3.92. The lowest BCUT2D eigenvalue weighted by Crippen LogP contribution is -2.36. The molecule has 0 fully saturated rings. The van der Waals surface area contributed by atoms with Crippen molar-refractivity contribution in [1.29, 1.82) is 0 Å². The van der Waals surface area contributed by atoms with Crippen LogP contribution in [0.3, 0.4) is 0 Å².